The maximum Gasteiger partial charge on any atom is 0.414 e. The molecule has 2 rings (SSSR count). The molecule has 4 nitrogen and oxygen atoms in total. The van der Waals surface area contributed by atoms with Gasteiger partial charge in [-0.3, -0.25) is 0 Å². The van der Waals surface area contributed by atoms with Crippen LogP contribution in [0, 0.1) is 11.7 Å². The van der Waals surface area contributed by atoms with Crippen molar-refractivity contribution in [1.82, 2.24) is 4.31 Å². The van der Waals surface area contributed by atoms with Gasteiger partial charge >= 0.3 is 6.18 Å². The molecule has 0 amide bonds. The van der Waals surface area contributed by atoms with Gasteiger partial charge < -0.3 is 5.11 Å². The lowest BCUT2D eigenvalue weighted by molar-refractivity contribution is -0.222. The Bertz CT molecular complexity index is 624. The SMILES string of the molecule is O=S(=O)(c1ccccc1F)N1CCC([C@@H](O)C(F)(F)F)CC1. The number of nitrogens with zero attached hydrogens (tertiary/aromatic N) is 1. The highest BCUT2D eigenvalue weighted by Crippen LogP contribution is 2.33. The predicted octanol–water partition coefficient (Wildman–Crippen LogP) is 2.15. The predicted molar refractivity (Wildman–Crippen MR) is 69.9 cm³/mol. The first-order chi connectivity index (χ1) is 10.1. The Labute approximate surface area is 125 Å². The van der Waals surface area contributed by atoms with E-state index >= 15 is 0 Å². The fourth-order valence-electron chi connectivity index (χ4n) is 2.49. The van der Waals surface area contributed by atoms with Crippen LogP contribution in [0.25, 0.3) is 0 Å². The second kappa shape index (κ2) is 6.13. The molecule has 1 aliphatic rings. The normalized spacial score (nSPS) is 20.0. The number of aliphatic hydroxyl groups is 1. The summed E-state index contributed by atoms with van der Waals surface area (Å²) in [5.74, 6) is -1.95. The van der Waals surface area contributed by atoms with Gasteiger partial charge in [-0.2, -0.15) is 17.5 Å². The summed E-state index contributed by atoms with van der Waals surface area (Å²) < 4.78 is 76.5. The van der Waals surface area contributed by atoms with Crippen LogP contribution < -0.4 is 0 Å². The number of alkyl halides is 3. The van der Waals surface area contributed by atoms with Crippen LogP contribution >= 0.6 is 0 Å². The molecule has 1 N–H and O–H groups in total. The summed E-state index contributed by atoms with van der Waals surface area (Å²) in [5, 5.41) is 9.21. The zero-order valence-electron chi connectivity index (χ0n) is 11.4. The zero-order chi connectivity index (χ0) is 16.5. The quantitative estimate of drug-likeness (QED) is 0.857. The summed E-state index contributed by atoms with van der Waals surface area (Å²) in [6.45, 7) is -0.372. The zero-order valence-corrected chi connectivity index (χ0v) is 12.2. The van der Waals surface area contributed by atoms with Gasteiger partial charge in [-0.05, 0) is 30.9 Å². The van der Waals surface area contributed by atoms with Gasteiger partial charge in [0, 0.05) is 13.1 Å². The molecular weight excluding hydrogens is 326 g/mol. The largest absolute Gasteiger partial charge is 0.414 e. The topological polar surface area (TPSA) is 57.6 Å². The number of piperidine rings is 1. The van der Waals surface area contributed by atoms with Gasteiger partial charge in [0.2, 0.25) is 10.0 Å². The molecule has 0 spiro atoms. The Morgan fingerprint density at radius 1 is 1.18 bits per heavy atom. The maximum absolute atomic E-state index is 13.6. The fourth-order valence-corrected chi connectivity index (χ4v) is 4.03. The van der Waals surface area contributed by atoms with Crippen molar-refractivity contribution in [1.29, 1.82) is 0 Å². The number of aliphatic hydroxyl groups excluding tert-OH is 1. The Kier molecular flexibility index (Phi) is 4.78. The third-order valence-electron chi connectivity index (χ3n) is 3.73. The summed E-state index contributed by atoms with van der Waals surface area (Å²) in [6.07, 6.45) is -7.45. The number of hydrogen-bond donors (Lipinski definition) is 1. The summed E-state index contributed by atoms with van der Waals surface area (Å²) in [5.41, 5.74) is 0. The van der Waals surface area contributed by atoms with E-state index in [1.807, 2.05) is 0 Å². The van der Waals surface area contributed by atoms with E-state index < -0.39 is 38.9 Å². The van der Waals surface area contributed by atoms with Crippen LogP contribution in [0.5, 0.6) is 0 Å². The summed E-state index contributed by atoms with van der Waals surface area (Å²) in [6, 6.07) is 4.84. The van der Waals surface area contributed by atoms with Gasteiger partial charge in [-0.25, -0.2) is 12.8 Å². The lowest BCUT2D eigenvalue weighted by atomic mass is 9.92. The Morgan fingerprint density at radius 2 is 1.73 bits per heavy atom. The van der Waals surface area contributed by atoms with Crippen LogP contribution in [-0.2, 0) is 10.0 Å². The number of benzene rings is 1. The lowest BCUT2D eigenvalue weighted by Crippen LogP contribution is -2.45. The molecule has 1 aromatic rings. The highest BCUT2D eigenvalue weighted by molar-refractivity contribution is 7.89. The first-order valence-electron chi connectivity index (χ1n) is 6.63. The molecule has 1 atom stereocenters. The number of rotatable bonds is 3. The van der Waals surface area contributed by atoms with Gasteiger partial charge in [0.15, 0.2) is 6.10 Å². The van der Waals surface area contributed by atoms with Crippen LogP contribution in [0.1, 0.15) is 12.8 Å². The molecule has 0 aromatic heterocycles. The molecule has 0 bridgehead atoms. The smallest absolute Gasteiger partial charge is 0.383 e. The highest BCUT2D eigenvalue weighted by Gasteiger charge is 2.45. The highest BCUT2D eigenvalue weighted by atomic mass is 32.2. The first-order valence-corrected chi connectivity index (χ1v) is 8.07. The maximum atomic E-state index is 13.6. The van der Waals surface area contributed by atoms with Crippen molar-refractivity contribution in [3.05, 3.63) is 30.1 Å². The lowest BCUT2D eigenvalue weighted by Gasteiger charge is -2.34. The number of hydrogen-bond acceptors (Lipinski definition) is 3. The van der Waals surface area contributed by atoms with Crippen molar-refractivity contribution in [3.8, 4) is 0 Å². The van der Waals surface area contributed by atoms with Gasteiger partial charge in [0.25, 0.3) is 0 Å². The average Bonchev–Trinajstić information content (AvgIpc) is 2.46. The minimum Gasteiger partial charge on any atom is -0.383 e. The van der Waals surface area contributed by atoms with Crippen LogP contribution in [0.2, 0.25) is 0 Å². The van der Waals surface area contributed by atoms with Crippen molar-refractivity contribution < 1.29 is 31.1 Å². The molecule has 0 saturated carbocycles. The van der Waals surface area contributed by atoms with Crippen LogP contribution in [-0.4, -0.2) is 43.2 Å². The van der Waals surface area contributed by atoms with Gasteiger partial charge in [-0.15, -0.1) is 0 Å². The van der Waals surface area contributed by atoms with Gasteiger partial charge in [-0.1, -0.05) is 12.1 Å². The molecule has 1 fully saturated rings. The van der Waals surface area contributed by atoms with E-state index in [9.17, 15) is 31.1 Å². The molecule has 0 radical (unpaired) electrons. The van der Waals surface area contributed by atoms with Crippen molar-refractivity contribution in [2.24, 2.45) is 5.92 Å². The summed E-state index contributed by atoms with van der Waals surface area (Å²) in [4.78, 5) is -0.496. The number of halogens is 4. The van der Waals surface area contributed by atoms with E-state index in [4.69, 9.17) is 0 Å². The Hall–Kier alpha value is -1.19. The van der Waals surface area contributed by atoms with E-state index in [-0.39, 0.29) is 25.9 Å². The summed E-state index contributed by atoms with van der Waals surface area (Å²) >= 11 is 0. The third-order valence-corrected chi connectivity index (χ3v) is 5.67. The van der Waals surface area contributed by atoms with Crippen LogP contribution in [0.4, 0.5) is 17.6 Å². The van der Waals surface area contributed by atoms with E-state index in [0.717, 1.165) is 16.4 Å². The third kappa shape index (κ3) is 3.41. The molecule has 1 aliphatic heterocycles. The summed E-state index contributed by atoms with van der Waals surface area (Å²) in [7, 11) is -4.08. The van der Waals surface area contributed by atoms with Crippen LogP contribution in [0.15, 0.2) is 29.2 Å². The Morgan fingerprint density at radius 3 is 2.23 bits per heavy atom. The van der Waals surface area contributed by atoms with E-state index in [0.29, 0.717) is 0 Å². The average molecular weight is 341 g/mol. The van der Waals surface area contributed by atoms with Crippen molar-refractivity contribution in [3.63, 3.8) is 0 Å². The van der Waals surface area contributed by atoms with Gasteiger partial charge in [0.05, 0.1) is 0 Å². The van der Waals surface area contributed by atoms with Crippen molar-refractivity contribution >= 4 is 10.0 Å². The minimum absolute atomic E-state index is 0.131. The van der Waals surface area contributed by atoms with Crippen LogP contribution in [0.3, 0.4) is 0 Å². The molecular formula is C13H15F4NO3S. The number of sulfonamides is 1. The minimum atomic E-state index is -4.72. The fraction of sp³-hybridized carbons (Fsp3) is 0.538. The van der Waals surface area contributed by atoms with E-state index in [2.05, 4.69) is 0 Å². The molecule has 22 heavy (non-hydrogen) atoms. The molecule has 1 saturated heterocycles. The molecule has 9 heteroatoms. The molecule has 0 aliphatic carbocycles. The van der Waals surface area contributed by atoms with E-state index in [1.165, 1.54) is 12.1 Å². The standard InChI is InChI=1S/C13H15F4NO3S/c14-10-3-1-2-4-11(10)22(20,21)18-7-5-9(6-8-18)12(19)13(15,16)17/h1-4,9,12,19H,5-8H2/t12-/m1/s1. The monoisotopic (exact) mass is 341 g/mol. The second-order valence-corrected chi connectivity index (χ2v) is 7.06. The first kappa shape index (κ1) is 17.2. The molecule has 1 aromatic carbocycles. The van der Waals surface area contributed by atoms with Crippen molar-refractivity contribution in [2.45, 2.75) is 30.0 Å². The van der Waals surface area contributed by atoms with Gasteiger partial charge in [0.1, 0.15) is 10.7 Å². The molecule has 124 valence electrons. The second-order valence-electron chi connectivity index (χ2n) is 5.16. The van der Waals surface area contributed by atoms with E-state index in [1.54, 1.807) is 0 Å². The molecule has 0 unspecified atom stereocenters. The molecule has 1 heterocycles. The Balaban J connectivity index is 2.10. The van der Waals surface area contributed by atoms with Crippen molar-refractivity contribution in [2.75, 3.05) is 13.1 Å².